The minimum Gasteiger partial charge on any atom is -0.489 e. The molecule has 0 N–H and O–H groups in total. The lowest BCUT2D eigenvalue weighted by Gasteiger charge is -2.39. The first kappa shape index (κ1) is 27.7. The summed E-state index contributed by atoms with van der Waals surface area (Å²) in [6.07, 6.45) is 3.69. The Bertz CT molecular complexity index is 1950. The van der Waals surface area contributed by atoms with Crippen LogP contribution in [-0.2, 0) is 18.6 Å². The number of rotatable bonds is 8. The van der Waals surface area contributed by atoms with E-state index in [1.807, 2.05) is 48.6 Å². The van der Waals surface area contributed by atoms with Crippen molar-refractivity contribution >= 4 is 12.2 Å². The van der Waals surface area contributed by atoms with Gasteiger partial charge >= 0.3 is 0 Å². The lowest BCUT2D eigenvalue weighted by Crippen LogP contribution is -2.32. The van der Waals surface area contributed by atoms with Crippen molar-refractivity contribution in [1.29, 1.82) is 0 Å². The Hall–Kier alpha value is -5.80. The van der Waals surface area contributed by atoms with Crippen LogP contribution in [0.15, 0.2) is 147 Å². The van der Waals surface area contributed by atoms with Gasteiger partial charge in [0.15, 0.2) is 0 Å². The third-order valence-corrected chi connectivity index (χ3v) is 9.13. The number of hydrogen-bond acceptors (Lipinski definition) is 3. The van der Waals surface area contributed by atoms with Crippen LogP contribution in [0, 0.1) is 0 Å². The maximum Gasteiger partial charge on any atom is 0.135 e. The lowest BCUT2D eigenvalue weighted by molar-refractivity contribution is 0.301. The monoisotopic (exact) mass is 596 g/mol. The van der Waals surface area contributed by atoms with Crippen LogP contribution in [-0.4, -0.2) is 0 Å². The maximum absolute atomic E-state index is 6.76. The molecule has 6 aromatic carbocycles. The van der Waals surface area contributed by atoms with Crippen molar-refractivity contribution in [2.24, 2.45) is 0 Å². The fraction of sp³-hybridized carbons (Fsp3) is 0.0698. The molecule has 0 fully saturated rings. The van der Waals surface area contributed by atoms with Crippen molar-refractivity contribution in [2.75, 3.05) is 0 Å². The predicted octanol–water partition coefficient (Wildman–Crippen LogP) is 10.6. The molecular formula is C43H32O3. The highest BCUT2D eigenvalue weighted by Crippen LogP contribution is 2.62. The molecule has 0 saturated carbocycles. The van der Waals surface area contributed by atoms with E-state index in [0.29, 0.717) is 13.2 Å². The number of fused-ring (bicyclic) bond motifs is 9. The highest BCUT2D eigenvalue weighted by molar-refractivity contribution is 5.88. The van der Waals surface area contributed by atoms with Crippen LogP contribution in [0.4, 0.5) is 0 Å². The van der Waals surface area contributed by atoms with E-state index in [1.54, 1.807) is 0 Å². The summed E-state index contributed by atoms with van der Waals surface area (Å²) >= 11 is 0. The summed E-state index contributed by atoms with van der Waals surface area (Å²) in [6, 6.07) is 46.4. The van der Waals surface area contributed by atoms with Gasteiger partial charge in [-0.3, -0.25) is 0 Å². The van der Waals surface area contributed by atoms with Gasteiger partial charge in [0.1, 0.15) is 36.2 Å². The molecular weight excluding hydrogens is 564 g/mol. The topological polar surface area (TPSA) is 27.7 Å². The first-order valence-electron chi connectivity index (χ1n) is 15.5. The minimum absolute atomic E-state index is 0.454. The van der Waals surface area contributed by atoms with Crippen molar-refractivity contribution in [3.8, 4) is 34.1 Å². The second-order valence-corrected chi connectivity index (χ2v) is 11.7. The van der Waals surface area contributed by atoms with Crippen LogP contribution in [0.5, 0.6) is 23.0 Å². The summed E-state index contributed by atoms with van der Waals surface area (Å²) in [5, 5.41) is 0. The van der Waals surface area contributed by atoms with Gasteiger partial charge in [-0.2, -0.15) is 0 Å². The summed E-state index contributed by atoms with van der Waals surface area (Å²) in [7, 11) is 0. The molecule has 222 valence electrons. The molecule has 8 rings (SSSR count). The zero-order valence-corrected chi connectivity index (χ0v) is 25.4. The number of hydrogen-bond donors (Lipinski definition) is 0. The van der Waals surface area contributed by atoms with E-state index >= 15 is 0 Å². The highest BCUT2D eigenvalue weighted by atomic mass is 16.5. The molecule has 46 heavy (non-hydrogen) atoms. The Kier molecular flexibility index (Phi) is 6.80. The molecule has 2 aliphatic rings. The van der Waals surface area contributed by atoms with Crippen molar-refractivity contribution in [3.63, 3.8) is 0 Å². The SMILES string of the molecule is C=Cc1ccc(COc2ccc3c(c2)Oc2cc(OCc4ccc(C=C)cc4)ccc2C32c3ccccc3-c3ccccc32)cc1. The highest BCUT2D eigenvalue weighted by Gasteiger charge is 2.51. The van der Waals surface area contributed by atoms with Gasteiger partial charge in [0.2, 0.25) is 0 Å². The van der Waals surface area contributed by atoms with Gasteiger partial charge in [-0.1, -0.05) is 135 Å². The van der Waals surface area contributed by atoms with Crippen LogP contribution < -0.4 is 14.2 Å². The van der Waals surface area contributed by atoms with E-state index in [9.17, 15) is 0 Å². The van der Waals surface area contributed by atoms with E-state index in [4.69, 9.17) is 14.2 Å². The summed E-state index contributed by atoms with van der Waals surface area (Å²) in [5.74, 6) is 3.05. The molecule has 0 aromatic heterocycles. The van der Waals surface area contributed by atoms with Crippen LogP contribution in [0.2, 0.25) is 0 Å². The summed E-state index contributed by atoms with van der Waals surface area (Å²) in [6.45, 7) is 8.61. The Morgan fingerprint density at radius 3 is 1.37 bits per heavy atom. The molecule has 1 heterocycles. The second-order valence-electron chi connectivity index (χ2n) is 11.7. The zero-order valence-electron chi connectivity index (χ0n) is 25.4. The molecule has 1 aliphatic heterocycles. The maximum atomic E-state index is 6.76. The summed E-state index contributed by atoms with van der Waals surface area (Å²) in [5.41, 5.74) is 11.0. The number of benzene rings is 6. The fourth-order valence-corrected chi connectivity index (χ4v) is 6.89. The molecule has 0 unspecified atom stereocenters. The van der Waals surface area contributed by atoms with Crippen molar-refractivity contribution in [1.82, 2.24) is 0 Å². The molecule has 0 bridgehead atoms. The van der Waals surface area contributed by atoms with Gasteiger partial charge < -0.3 is 14.2 Å². The quantitative estimate of drug-likeness (QED) is 0.175. The molecule has 0 amide bonds. The van der Waals surface area contributed by atoms with Crippen molar-refractivity contribution < 1.29 is 14.2 Å². The Morgan fingerprint density at radius 1 is 0.500 bits per heavy atom. The predicted molar refractivity (Wildman–Crippen MR) is 186 cm³/mol. The zero-order chi connectivity index (χ0) is 31.1. The molecule has 1 aliphatic carbocycles. The molecule has 0 atom stereocenters. The standard InChI is InChI=1S/C43H32O3/c1-3-29-13-17-31(18-14-29)27-44-33-21-23-39-41(25-33)46-42-26-34(45-28-32-19-15-30(4-2)16-20-32)22-24-40(42)43(39)37-11-7-5-9-35(37)36-10-6-8-12-38(36)43/h3-26H,1-2,27-28H2. The minimum atomic E-state index is -0.547. The Labute approximate surface area is 269 Å². The van der Waals surface area contributed by atoms with Crippen LogP contribution in [0.1, 0.15) is 44.5 Å². The van der Waals surface area contributed by atoms with Crippen LogP contribution in [0.3, 0.4) is 0 Å². The van der Waals surface area contributed by atoms with E-state index in [1.165, 1.54) is 22.3 Å². The van der Waals surface area contributed by atoms with Gasteiger partial charge in [-0.05, 0) is 56.6 Å². The van der Waals surface area contributed by atoms with Crippen LogP contribution >= 0.6 is 0 Å². The van der Waals surface area contributed by atoms with E-state index in [-0.39, 0.29) is 0 Å². The molecule has 1 spiro atoms. The molecule has 3 nitrogen and oxygen atoms in total. The largest absolute Gasteiger partial charge is 0.489 e. The van der Waals surface area contributed by atoms with E-state index in [2.05, 4.69) is 110 Å². The van der Waals surface area contributed by atoms with Gasteiger partial charge in [0, 0.05) is 23.3 Å². The van der Waals surface area contributed by atoms with Crippen LogP contribution in [0.25, 0.3) is 23.3 Å². The first-order chi connectivity index (χ1) is 22.7. The Balaban J connectivity index is 1.21. The fourth-order valence-electron chi connectivity index (χ4n) is 6.89. The normalized spacial score (nSPS) is 13.0. The van der Waals surface area contributed by atoms with E-state index in [0.717, 1.165) is 56.4 Å². The third-order valence-electron chi connectivity index (χ3n) is 9.13. The van der Waals surface area contributed by atoms with E-state index < -0.39 is 5.41 Å². The molecule has 0 radical (unpaired) electrons. The van der Waals surface area contributed by atoms with Gasteiger partial charge in [-0.25, -0.2) is 0 Å². The van der Waals surface area contributed by atoms with Gasteiger partial charge in [-0.15, -0.1) is 0 Å². The van der Waals surface area contributed by atoms with Crippen molar-refractivity contribution in [3.05, 3.63) is 191 Å². The summed E-state index contributed by atoms with van der Waals surface area (Å²) < 4.78 is 19.4. The van der Waals surface area contributed by atoms with Gasteiger partial charge in [0.25, 0.3) is 0 Å². The Morgan fingerprint density at radius 2 is 0.935 bits per heavy atom. The smallest absolute Gasteiger partial charge is 0.135 e. The lowest BCUT2D eigenvalue weighted by atomic mass is 9.66. The first-order valence-corrected chi connectivity index (χ1v) is 15.5. The average Bonchev–Trinajstić information content (AvgIpc) is 3.41. The summed E-state index contributed by atoms with van der Waals surface area (Å²) in [4.78, 5) is 0. The molecule has 6 aromatic rings. The molecule has 0 saturated heterocycles. The second kappa shape index (κ2) is 11.3. The number of ether oxygens (including phenoxy) is 3. The average molecular weight is 597 g/mol. The third kappa shape index (κ3) is 4.52. The molecule has 3 heteroatoms. The van der Waals surface area contributed by atoms with Crippen molar-refractivity contribution in [2.45, 2.75) is 18.6 Å². The van der Waals surface area contributed by atoms with Gasteiger partial charge in [0.05, 0.1) is 5.41 Å².